The summed E-state index contributed by atoms with van der Waals surface area (Å²) < 4.78 is 1.79. The van der Waals surface area contributed by atoms with Gasteiger partial charge in [-0.3, -0.25) is 9.69 Å². The highest BCUT2D eigenvalue weighted by atomic mass is 16.6. The number of fused-ring (bicyclic) bond motifs is 1. The Bertz CT molecular complexity index is 1190. The first-order valence-corrected chi connectivity index (χ1v) is 14.5. The zero-order chi connectivity index (χ0) is 27.2. The minimum atomic E-state index is -1.33. The number of oxime groups is 1. The second-order valence-electron chi connectivity index (χ2n) is 11.5. The molecule has 1 N–H and O–H groups in total. The summed E-state index contributed by atoms with van der Waals surface area (Å²) >= 11 is 0. The molecule has 4 atom stereocenters. The Morgan fingerprint density at radius 3 is 2.55 bits per heavy atom. The van der Waals surface area contributed by atoms with Crippen molar-refractivity contribution >= 4 is 22.7 Å². The molecule has 1 aliphatic heterocycles. The van der Waals surface area contributed by atoms with Crippen molar-refractivity contribution in [2.24, 2.45) is 11.1 Å². The van der Waals surface area contributed by atoms with Gasteiger partial charge in [-0.05, 0) is 64.0 Å². The second-order valence-corrected chi connectivity index (χ2v) is 11.5. The number of carboxylic acids is 1. The average molecular weight is 525 g/mol. The second kappa shape index (κ2) is 12.9. The third kappa shape index (κ3) is 6.45. The Morgan fingerprint density at radius 2 is 1.84 bits per heavy atom. The minimum absolute atomic E-state index is 0.0369. The SMILES string of the molecule is CC[C@@H]1CC(n2c(=O)c(/C(=N/OC(C)C)C(=O)O)nc3ccccc32)CCN1C1CCCCCC[C@@H](C)C1. The van der Waals surface area contributed by atoms with E-state index in [1.165, 1.54) is 44.9 Å². The van der Waals surface area contributed by atoms with Crippen LogP contribution in [0.5, 0.6) is 0 Å². The topological polar surface area (TPSA) is 97.0 Å². The number of nitrogens with zero attached hydrogens (tertiary/aromatic N) is 4. The fraction of sp³-hybridized carbons (Fsp3) is 0.667. The van der Waals surface area contributed by atoms with Crippen LogP contribution < -0.4 is 5.56 Å². The number of rotatable bonds is 7. The Labute approximate surface area is 226 Å². The van der Waals surface area contributed by atoms with Crippen molar-refractivity contribution in [3.05, 3.63) is 40.3 Å². The highest BCUT2D eigenvalue weighted by molar-refractivity contribution is 6.41. The van der Waals surface area contributed by atoms with Gasteiger partial charge in [0.25, 0.3) is 5.56 Å². The molecule has 2 unspecified atom stereocenters. The molecule has 1 aliphatic carbocycles. The van der Waals surface area contributed by atoms with E-state index in [4.69, 9.17) is 4.84 Å². The van der Waals surface area contributed by atoms with Crippen molar-refractivity contribution in [2.45, 2.75) is 116 Å². The smallest absolute Gasteiger partial charge is 0.360 e. The fourth-order valence-electron chi connectivity index (χ4n) is 6.40. The van der Waals surface area contributed by atoms with E-state index in [1.807, 2.05) is 24.3 Å². The number of likely N-dealkylation sites (tertiary alicyclic amines) is 1. The van der Waals surface area contributed by atoms with Crippen molar-refractivity contribution in [3.63, 3.8) is 0 Å². The summed E-state index contributed by atoms with van der Waals surface area (Å²) in [5, 5.41) is 13.7. The van der Waals surface area contributed by atoms with Gasteiger partial charge in [0, 0.05) is 24.7 Å². The number of piperidine rings is 1. The first-order valence-electron chi connectivity index (χ1n) is 14.5. The van der Waals surface area contributed by atoms with Crippen LogP contribution in [0.1, 0.15) is 104 Å². The predicted octanol–water partition coefficient (Wildman–Crippen LogP) is 5.77. The summed E-state index contributed by atoms with van der Waals surface area (Å²) in [6, 6.07) is 8.42. The molecule has 208 valence electrons. The molecule has 1 aromatic carbocycles. The predicted molar refractivity (Wildman–Crippen MR) is 151 cm³/mol. The van der Waals surface area contributed by atoms with E-state index in [1.54, 1.807) is 18.4 Å². The molecule has 0 bridgehead atoms. The average Bonchev–Trinajstić information content (AvgIpc) is 3.00. The number of benzene rings is 1. The number of hydrogen-bond acceptors (Lipinski definition) is 6. The van der Waals surface area contributed by atoms with Crippen molar-refractivity contribution in [1.29, 1.82) is 0 Å². The molecule has 2 fully saturated rings. The molecule has 1 saturated carbocycles. The molecule has 4 rings (SSSR count). The number of carboxylic acid groups (broad SMARTS) is 1. The number of hydrogen-bond donors (Lipinski definition) is 1. The molecule has 0 spiro atoms. The minimum Gasteiger partial charge on any atom is -0.476 e. The lowest BCUT2D eigenvalue weighted by molar-refractivity contribution is -0.129. The summed E-state index contributed by atoms with van der Waals surface area (Å²) in [4.78, 5) is 38.4. The summed E-state index contributed by atoms with van der Waals surface area (Å²) in [6.45, 7) is 9.10. The van der Waals surface area contributed by atoms with E-state index in [0.717, 1.165) is 37.2 Å². The molecular weight excluding hydrogens is 480 g/mol. The van der Waals surface area contributed by atoms with E-state index in [-0.39, 0.29) is 17.8 Å². The standard InChI is InChI=1S/C30H44N4O4/c1-5-22-19-24(16-17-33(22)23-13-9-7-6-8-12-21(4)18-23)34-26-15-11-10-14-25(26)31-27(29(34)35)28(30(36)37)32-38-20(2)3/h10-11,14-15,20-24H,5-9,12-13,16-19H2,1-4H3,(H,36,37)/b32-28-/t21-,22-,23?,24?/m1/s1. The lowest BCUT2D eigenvalue weighted by Gasteiger charge is -2.45. The normalized spacial score (nSPS) is 26.1. The number of para-hydroxylation sites is 2. The van der Waals surface area contributed by atoms with E-state index < -0.39 is 17.2 Å². The van der Waals surface area contributed by atoms with Gasteiger partial charge in [0.1, 0.15) is 6.10 Å². The largest absolute Gasteiger partial charge is 0.476 e. The van der Waals surface area contributed by atoms with Gasteiger partial charge in [-0.15, -0.1) is 0 Å². The third-order valence-corrected chi connectivity index (χ3v) is 8.27. The van der Waals surface area contributed by atoms with Crippen molar-refractivity contribution in [1.82, 2.24) is 14.5 Å². The molecular formula is C30H44N4O4. The highest BCUT2D eigenvalue weighted by Crippen LogP contribution is 2.35. The lowest BCUT2D eigenvalue weighted by Crippen LogP contribution is -2.50. The maximum Gasteiger partial charge on any atom is 0.360 e. The molecule has 2 aliphatic rings. The summed E-state index contributed by atoms with van der Waals surface area (Å²) in [5.74, 6) is -0.586. The van der Waals surface area contributed by atoms with Gasteiger partial charge in [0.15, 0.2) is 5.69 Å². The molecule has 2 aromatic rings. The van der Waals surface area contributed by atoms with E-state index in [9.17, 15) is 14.7 Å². The maximum atomic E-state index is 13.9. The van der Waals surface area contributed by atoms with Gasteiger partial charge < -0.3 is 14.5 Å². The first-order chi connectivity index (χ1) is 18.3. The van der Waals surface area contributed by atoms with Crippen molar-refractivity contribution in [2.75, 3.05) is 6.54 Å². The Morgan fingerprint density at radius 1 is 1.11 bits per heavy atom. The van der Waals surface area contributed by atoms with Crippen LogP contribution >= 0.6 is 0 Å². The first kappa shape index (κ1) is 28.3. The zero-order valence-corrected chi connectivity index (χ0v) is 23.4. The number of aliphatic carboxylic acids is 1. The van der Waals surface area contributed by atoms with Crippen LogP contribution in [0.3, 0.4) is 0 Å². The zero-order valence-electron chi connectivity index (χ0n) is 23.4. The van der Waals surface area contributed by atoms with Crippen molar-refractivity contribution < 1.29 is 14.7 Å². The van der Waals surface area contributed by atoms with Gasteiger partial charge in [-0.2, -0.15) is 0 Å². The Hall–Kier alpha value is -2.74. The molecule has 1 saturated heterocycles. The number of carbonyl (C=O) groups is 1. The molecule has 8 heteroatoms. The molecule has 2 heterocycles. The van der Waals surface area contributed by atoms with Crippen LogP contribution in [-0.2, 0) is 9.63 Å². The highest BCUT2D eigenvalue weighted by Gasteiger charge is 2.35. The number of aromatic nitrogens is 2. The van der Waals surface area contributed by atoms with Gasteiger partial charge in [0.05, 0.1) is 11.0 Å². The Kier molecular flexibility index (Phi) is 9.58. The summed E-state index contributed by atoms with van der Waals surface area (Å²) in [7, 11) is 0. The molecule has 1 aromatic heterocycles. The van der Waals surface area contributed by atoms with Crippen LogP contribution in [0.2, 0.25) is 0 Å². The van der Waals surface area contributed by atoms with E-state index in [0.29, 0.717) is 17.6 Å². The lowest BCUT2D eigenvalue weighted by atomic mass is 9.88. The van der Waals surface area contributed by atoms with E-state index >= 15 is 0 Å². The van der Waals surface area contributed by atoms with Crippen LogP contribution in [0.4, 0.5) is 0 Å². The summed E-state index contributed by atoms with van der Waals surface area (Å²) in [5.41, 5.74) is 0.285. The summed E-state index contributed by atoms with van der Waals surface area (Å²) in [6.07, 6.45) is 11.5. The van der Waals surface area contributed by atoms with Crippen LogP contribution in [0, 0.1) is 5.92 Å². The van der Waals surface area contributed by atoms with Gasteiger partial charge in [-0.25, -0.2) is 9.78 Å². The van der Waals surface area contributed by atoms with Gasteiger partial charge in [0.2, 0.25) is 5.71 Å². The molecule has 0 amide bonds. The van der Waals surface area contributed by atoms with Gasteiger partial charge in [-0.1, -0.05) is 63.2 Å². The quantitative estimate of drug-likeness (QED) is 0.365. The van der Waals surface area contributed by atoms with Crippen LogP contribution in [-0.4, -0.2) is 56.0 Å². The van der Waals surface area contributed by atoms with E-state index in [2.05, 4.69) is 28.9 Å². The third-order valence-electron chi connectivity index (χ3n) is 8.27. The monoisotopic (exact) mass is 524 g/mol. The van der Waals surface area contributed by atoms with Crippen molar-refractivity contribution in [3.8, 4) is 0 Å². The Balaban J connectivity index is 1.70. The fourth-order valence-corrected chi connectivity index (χ4v) is 6.40. The maximum absolute atomic E-state index is 13.9. The van der Waals surface area contributed by atoms with Crippen LogP contribution in [0.15, 0.2) is 34.2 Å². The molecule has 8 nitrogen and oxygen atoms in total. The van der Waals surface area contributed by atoms with Crippen LogP contribution in [0.25, 0.3) is 11.0 Å². The molecule has 0 radical (unpaired) electrons. The van der Waals surface area contributed by atoms with Gasteiger partial charge >= 0.3 is 5.97 Å². The molecule has 38 heavy (non-hydrogen) atoms.